The van der Waals surface area contributed by atoms with E-state index >= 15 is 0 Å². The van der Waals surface area contributed by atoms with Crippen molar-refractivity contribution in [3.8, 4) is 0 Å². The number of amides is 1. The minimum atomic E-state index is -1.29. The molecule has 23 heavy (non-hydrogen) atoms. The van der Waals surface area contributed by atoms with Gasteiger partial charge in [0, 0.05) is 13.6 Å². The maximum absolute atomic E-state index is 12.9. The van der Waals surface area contributed by atoms with Gasteiger partial charge in [0.25, 0.3) is 0 Å². The number of carbonyl (C=O) groups is 1. The van der Waals surface area contributed by atoms with Crippen LogP contribution in [0.1, 0.15) is 30.4 Å². The van der Waals surface area contributed by atoms with Crippen molar-refractivity contribution in [1.82, 2.24) is 4.90 Å². The summed E-state index contributed by atoms with van der Waals surface area (Å²) in [7, 11) is 1.83. The molecule has 0 aliphatic carbocycles. The van der Waals surface area contributed by atoms with Gasteiger partial charge in [-0.05, 0) is 24.0 Å². The maximum Gasteiger partial charge on any atom is 0.229 e. The lowest BCUT2D eigenvalue weighted by Gasteiger charge is -2.37. The van der Waals surface area contributed by atoms with Gasteiger partial charge in [-0.15, -0.1) is 0 Å². The summed E-state index contributed by atoms with van der Waals surface area (Å²) in [5.41, 5.74) is 0.262. The molecule has 1 atom stereocenters. The van der Waals surface area contributed by atoms with Crippen LogP contribution >= 0.6 is 0 Å². The number of likely N-dealkylation sites (tertiary alicyclic amines) is 1. The van der Waals surface area contributed by atoms with Crippen molar-refractivity contribution in [2.75, 3.05) is 13.6 Å². The van der Waals surface area contributed by atoms with Gasteiger partial charge in [-0.25, -0.2) is 0 Å². The van der Waals surface area contributed by atoms with E-state index in [1.165, 1.54) is 0 Å². The van der Waals surface area contributed by atoms with Crippen LogP contribution in [-0.4, -0.2) is 29.5 Å². The molecule has 1 aliphatic heterocycles. The fourth-order valence-corrected chi connectivity index (χ4v) is 3.54. The molecule has 1 aliphatic rings. The molecule has 3 heteroatoms. The largest absolute Gasteiger partial charge is 0.380 e. The molecule has 0 unspecified atom stereocenters. The van der Waals surface area contributed by atoms with Gasteiger partial charge < -0.3 is 10.0 Å². The first-order valence-electron chi connectivity index (χ1n) is 8.22. The van der Waals surface area contributed by atoms with E-state index in [2.05, 4.69) is 0 Å². The molecule has 120 valence electrons. The van der Waals surface area contributed by atoms with Gasteiger partial charge in [-0.3, -0.25) is 4.79 Å². The Morgan fingerprint density at radius 1 is 0.957 bits per heavy atom. The number of hydrogen-bond acceptors (Lipinski definition) is 2. The van der Waals surface area contributed by atoms with E-state index in [1.807, 2.05) is 67.7 Å². The summed E-state index contributed by atoms with van der Waals surface area (Å²) < 4.78 is 0. The van der Waals surface area contributed by atoms with Crippen LogP contribution in [0, 0.1) is 5.92 Å². The second-order valence-electron chi connectivity index (χ2n) is 6.31. The molecule has 1 amide bonds. The molecule has 3 nitrogen and oxygen atoms in total. The van der Waals surface area contributed by atoms with Gasteiger partial charge in [0.2, 0.25) is 5.91 Å². The molecule has 0 saturated carbocycles. The van der Waals surface area contributed by atoms with Gasteiger partial charge in [0.1, 0.15) is 5.60 Å². The van der Waals surface area contributed by atoms with Crippen molar-refractivity contribution in [1.29, 1.82) is 0 Å². The normalized spacial score (nSPS) is 19.5. The van der Waals surface area contributed by atoms with Crippen LogP contribution in [0.15, 0.2) is 60.7 Å². The smallest absolute Gasteiger partial charge is 0.229 e. The molecule has 0 radical (unpaired) electrons. The second kappa shape index (κ2) is 6.55. The summed E-state index contributed by atoms with van der Waals surface area (Å²) in [4.78, 5) is 14.7. The minimum absolute atomic E-state index is 0.0257. The van der Waals surface area contributed by atoms with E-state index in [1.54, 1.807) is 4.90 Å². The quantitative estimate of drug-likeness (QED) is 0.946. The first kappa shape index (κ1) is 15.8. The first-order chi connectivity index (χ1) is 11.1. The van der Waals surface area contributed by atoms with Crippen LogP contribution in [-0.2, 0) is 10.4 Å². The Bertz CT molecular complexity index is 614. The Morgan fingerprint density at radius 3 is 2.00 bits per heavy atom. The zero-order valence-corrected chi connectivity index (χ0v) is 13.5. The second-order valence-corrected chi connectivity index (χ2v) is 6.31. The Morgan fingerprint density at radius 2 is 1.48 bits per heavy atom. The zero-order chi connectivity index (χ0) is 16.3. The van der Waals surface area contributed by atoms with E-state index in [0.717, 1.165) is 30.5 Å². The third-order valence-electron chi connectivity index (χ3n) is 4.84. The number of hydrogen-bond donors (Lipinski definition) is 1. The van der Waals surface area contributed by atoms with Crippen LogP contribution in [0.4, 0.5) is 0 Å². The lowest BCUT2D eigenvalue weighted by molar-refractivity contribution is -0.141. The van der Waals surface area contributed by atoms with Crippen molar-refractivity contribution in [2.24, 2.45) is 5.92 Å². The molecule has 1 N–H and O–H groups in total. The Kier molecular flexibility index (Phi) is 4.49. The molecule has 1 saturated heterocycles. The summed E-state index contributed by atoms with van der Waals surface area (Å²) in [6.45, 7) is 0.759. The molecular formula is C20H23NO2. The highest BCUT2D eigenvalue weighted by Crippen LogP contribution is 2.41. The predicted molar refractivity (Wildman–Crippen MR) is 90.9 cm³/mol. The van der Waals surface area contributed by atoms with Crippen molar-refractivity contribution in [3.05, 3.63) is 71.8 Å². The summed E-state index contributed by atoms with van der Waals surface area (Å²) in [5, 5.41) is 11.7. The molecule has 2 aromatic carbocycles. The summed E-state index contributed by atoms with van der Waals surface area (Å²) in [5.74, 6) is -0.433. The fraction of sp³-hybridized carbons (Fsp3) is 0.350. The van der Waals surface area contributed by atoms with Crippen molar-refractivity contribution >= 4 is 5.91 Å². The molecule has 0 aromatic heterocycles. The molecule has 3 rings (SSSR count). The third kappa shape index (κ3) is 2.89. The first-order valence-corrected chi connectivity index (χ1v) is 8.22. The molecule has 0 spiro atoms. The summed E-state index contributed by atoms with van der Waals surface area (Å²) in [6, 6.07) is 19.1. The zero-order valence-electron chi connectivity index (χ0n) is 13.5. The van der Waals surface area contributed by atoms with E-state index < -0.39 is 11.5 Å². The number of aliphatic hydroxyl groups is 1. The highest BCUT2D eigenvalue weighted by molar-refractivity contribution is 5.81. The van der Waals surface area contributed by atoms with Crippen LogP contribution in [0.3, 0.4) is 0 Å². The van der Waals surface area contributed by atoms with Crippen LogP contribution in [0.2, 0.25) is 0 Å². The average Bonchev–Trinajstić information content (AvgIpc) is 2.78. The number of nitrogens with zero attached hydrogens (tertiary/aromatic N) is 1. The number of rotatable bonds is 3. The van der Waals surface area contributed by atoms with Gasteiger partial charge in [-0.1, -0.05) is 67.1 Å². The fourth-order valence-electron chi connectivity index (χ4n) is 3.54. The van der Waals surface area contributed by atoms with Crippen molar-refractivity contribution in [2.45, 2.75) is 24.9 Å². The highest BCUT2D eigenvalue weighted by Gasteiger charge is 2.45. The van der Waals surface area contributed by atoms with Gasteiger partial charge in [-0.2, -0.15) is 0 Å². The molecule has 2 aromatic rings. The highest BCUT2D eigenvalue weighted by atomic mass is 16.3. The predicted octanol–water partition coefficient (Wildman–Crippen LogP) is 3.18. The Balaban J connectivity index is 2.14. The standard InChI is InChI=1S/C20H23NO2/c1-21-15-9-8-14-18(19(21)22)20(23,16-10-4-2-5-11-16)17-12-6-3-7-13-17/h2-7,10-13,18,23H,8-9,14-15H2,1H3/t18-/m0/s1. The average molecular weight is 309 g/mol. The SMILES string of the molecule is CN1CCCC[C@H](C(O)(c2ccccc2)c2ccccc2)C1=O. The third-order valence-corrected chi connectivity index (χ3v) is 4.84. The topological polar surface area (TPSA) is 40.5 Å². The summed E-state index contributed by atoms with van der Waals surface area (Å²) in [6.07, 6.45) is 2.63. The van der Waals surface area contributed by atoms with Gasteiger partial charge >= 0.3 is 0 Å². The molecular weight excluding hydrogens is 286 g/mol. The van der Waals surface area contributed by atoms with E-state index in [9.17, 15) is 9.90 Å². The van der Waals surface area contributed by atoms with E-state index in [-0.39, 0.29) is 5.91 Å². The maximum atomic E-state index is 12.9. The molecule has 1 fully saturated rings. The number of benzene rings is 2. The number of carbonyl (C=O) groups excluding carboxylic acids is 1. The Hall–Kier alpha value is -2.13. The van der Waals surface area contributed by atoms with Crippen LogP contribution in [0.5, 0.6) is 0 Å². The van der Waals surface area contributed by atoms with Gasteiger partial charge in [0.15, 0.2) is 0 Å². The molecule has 0 bridgehead atoms. The lowest BCUT2D eigenvalue weighted by Crippen LogP contribution is -2.45. The van der Waals surface area contributed by atoms with Crippen molar-refractivity contribution in [3.63, 3.8) is 0 Å². The van der Waals surface area contributed by atoms with E-state index in [0.29, 0.717) is 6.42 Å². The lowest BCUT2D eigenvalue weighted by atomic mass is 9.73. The van der Waals surface area contributed by atoms with Crippen LogP contribution in [0.25, 0.3) is 0 Å². The monoisotopic (exact) mass is 309 g/mol. The molecule has 1 heterocycles. The van der Waals surface area contributed by atoms with Crippen LogP contribution < -0.4 is 0 Å². The van der Waals surface area contributed by atoms with Crippen molar-refractivity contribution < 1.29 is 9.90 Å². The Labute approximate surface area is 137 Å². The summed E-state index contributed by atoms with van der Waals surface area (Å²) >= 11 is 0. The van der Waals surface area contributed by atoms with Gasteiger partial charge in [0.05, 0.1) is 5.92 Å². The van der Waals surface area contributed by atoms with E-state index in [4.69, 9.17) is 0 Å². The minimum Gasteiger partial charge on any atom is -0.380 e.